The number of nitrogens with zero attached hydrogens (tertiary/aromatic N) is 3. The SMILES string of the molecule is CO[C@H]1CSc2c(-c3cc(Cl)c(F)cc3F)c(Cl)cc3c(N4CCCCC4)nc(=O)n(c23)C1. The fourth-order valence-corrected chi connectivity index (χ4v) is 6.40. The number of hydrogen-bond donors (Lipinski definition) is 0. The molecule has 174 valence electrons. The number of halogens is 4. The van der Waals surface area contributed by atoms with E-state index in [0.29, 0.717) is 34.1 Å². The molecule has 3 aromatic rings. The molecular formula is C23H21Cl2F2N3O2S. The van der Waals surface area contributed by atoms with E-state index in [0.717, 1.165) is 43.8 Å². The third kappa shape index (κ3) is 4.01. The molecule has 1 saturated heterocycles. The van der Waals surface area contributed by atoms with Crippen LogP contribution in [0.2, 0.25) is 10.0 Å². The third-order valence-electron chi connectivity index (χ3n) is 6.22. The first-order valence-corrected chi connectivity index (χ1v) is 12.5. The molecule has 1 fully saturated rings. The van der Waals surface area contributed by atoms with Crippen LogP contribution in [0.4, 0.5) is 14.6 Å². The van der Waals surface area contributed by atoms with Crippen molar-refractivity contribution in [1.82, 2.24) is 9.55 Å². The van der Waals surface area contributed by atoms with Crippen LogP contribution >= 0.6 is 35.0 Å². The van der Waals surface area contributed by atoms with Crippen molar-refractivity contribution in [3.05, 3.63) is 50.4 Å². The second-order valence-corrected chi connectivity index (χ2v) is 10.1. The molecule has 0 spiro atoms. The van der Waals surface area contributed by atoms with Gasteiger partial charge in [0.05, 0.1) is 28.2 Å². The summed E-state index contributed by atoms with van der Waals surface area (Å²) in [7, 11) is 1.59. The van der Waals surface area contributed by atoms with Crippen molar-refractivity contribution < 1.29 is 13.5 Å². The number of anilines is 1. The molecule has 0 N–H and O–H groups in total. The summed E-state index contributed by atoms with van der Waals surface area (Å²) < 4.78 is 36.0. The Morgan fingerprint density at radius 1 is 1.09 bits per heavy atom. The molecule has 5 nitrogen and oxygen atoms in total. The second kappa shape index (κ2) is 9.06. The van der Waals surface area contributed by atoms with Gasteiger partial charge >= 0.3 is 5.69 Å². The smallest absolute Gasteiger partial charge is 0.350 e. The van der Waals surface area contributed by atoms with Crippen LogP contribution in [0, 0.1) is 11.6 Å². The van der Waals surface area contributed by atoms with Crippen molar-refractivity contribution in [2.75, 3.05) is 30.9 Å². The van der Waals surface area contributed by atoms with Crippen LogP contribution in [0.1, 0.15) is 19.3 Å². The van der Waals surface area contributed by atoms with Crippen molar-refractivity contribution in [1.29, 1.82) is 0 Å². The molecule has 0 unspecified atom stereocenters. The van der Waals surface area contributed by atoms with E-state index >= 15 is 0 Å². The van der Waals surface area contributed by atoms with Crippen molar-refractivity contribution >= 4 is 51.7 Å². The molecule has 0 amide bonds. The second-order valence-electron chi connectivity index (χ2n) is 8.25. The average molecular weight is 512 g/mol. The van der Waals surface area contributed by atoms with E-state index in [1.165, 1.54) is 17.8 Å². The van der Waals surface area contributed by atoms with Crippen LogP contribution in [0.5, 0.6) is 0 Å². The van der Waals surface area contributed by atoms with Gasteiger partial charge in [0.25, 0.3) is 0 Å². The highest BCUT2D eigenvalue weighted by atomic mass is 35.5. The topological polar surface area (TPSA) is 47.4 Å². The van der Waals surface area contributed by atoms with Crippen LogP contribution in [-0.4, -0.2) is 41.6 Å². The molecule has 1 aromatic heterocycles. The molecular weight excluding hydrogens is 491 g/mol. The maximum Gasteiger partial charge on any atom is 0.350 e. The first-order valence-electron chi connectivity index (χ1n) is 10.7. The zero-order valence-corrected chi connectivity index (χ0v) is 20.2. The van der Waals surface area contributed by atoms with Gasteiger partial charge < -0.3 is 9.64 Å². The summed E-state index contributed by atoms with van der Waals surface area (Å²) in [5.41, 5.74) is 0.718. The van der Waals surface area contributed by atoms with Gasteiger partial charge in [-0.15, -0.1) is 11.8 Å². The van der Waals surface area contributed by atoms with E-state index in [2.05, 4.69) is 9.88 Å². The predicted octanol–water partition coefficient (Wildman–Crippen LogP) is 5.76. The Kier molecular flexibility index (Phi) is 6.29. The van der Waals surface area contributed by atoms with E-state index < -0.39 is 11.6 Å². The molecule has 2 aliphatic rings. The number of rotatable bonds is 3. The highest BCUT2D eigenvalue weighted by Crippen LogP contribution is 2.46. The summed E-state index contributed by atoms with van der Waals surface area (Å²) in [6.45, 7) is 1.92. The van der Waals surface area contributed by atoms with Gasteiger partial charge in [-0.05, 0) is 31.4 Å². The molecule has 33 heavy (non-hydrogen) atoms. The largest absolute Gasteiger partial charge is 0.379 e. The maximum absolute atomic E-state index is 14.9. The Labute approximate surface area is 203 Å². The van der Waals surface area contributed by atoms with Crippen molar-refractivity contribution in [2.45, 2.75) is 36.8 Å². The Hall–Kier alpha value is -1.87. The lowest BCUT2D eigenvalue weighted by atomic mass is 10.0. The van der Waals surface area contributed by atoms with Crippen LogP contribution in [0.3, 0.4) is 0 Å². The summed E-state index contributed by atoms with van der Waals surface area (Å²) in [4.78, 5) is 20.4. The average Bonchev–Trinajstić information content (AvgIpc) is 3.00. The predicted molar refractivity (Wildman–Crippen MR) is 129 cm³/mol. The first kappa shape index (κ1) is 22.9. The maximum atomic E-state index is 14.9. The van der Waals surface area contributed by atoms with Crippen molar-refractivity contribution in [2.24, 2.45) is 0 Å². The Morgan fingerprint density at radius 3 is 2.58 bits per heavy atom. The lowest BCUT2D eigenvalue weighted by Gasteiger charge is -2.29. The van der Waals surface area contributed by atoms with Crippen molar-refractivity contribution in [3.8, 4) is 11.1 Å². The molecule has 2 aromatic carbocycles. The summed E-state index contributed by atoms with van der Waals surface area (Å²) in [6.07, 6.45) is 2.92. The Balaban J connectivity index is 1.85. The first-order chi connectivity index (χ1) is 15.9. The molecule has 0 saturated carbocycles. The molecule has 0 radical (unpaired) electrons. The van der Waals surface area contributed by atoms with Crippen LogP contribution < -0.4 is 10.6 Å². The van der Waals surface area contributed by atoms with Crippen molar-refractivity contribution in [3.63, 3.8) is 0 Å². The van der Waals surface area contributed by atoms with Gasteiger partial charge in [-0.2, -0.15) is 4.98 Å². The summed E-state index contributed by atoms with van der Waals surface area (Å²) in [5.74, 6) is -0.506. The number of methoxy groups -OCH3 is 1. The van der Waals surface area contributed by atoms with Gasteiger partial charge in [0, 0.05) is 53.4 Å². The number of ether oxygens (including phenoxy) is 1. The quantitative estimate of drug-likeness (QED) is 0.418. The van der Waals surface area contributed by atoms with E-state index in [4.69, 9.17) is 27.9 Å². The highest BCUT2D eigenvalue weighted by Gasteiger charge is 2.29. The Morgan fingerprint density at radius 2 is 1.85 bits per heavy atom. The van der Waals surface area contributed by atoms with Gasteiger partial charge in [-0.1, -0.05) is 23.2 Å². The van der Waals surface area contributed by atoms with Crippen LogP contribution in [-0.2, 0) is 11.3 Å². The van der Waals surface area contributed by atoms with E-state index in [1.54, 1.807) is 17.7 Å². The minimum Gasteiger partial charge on any atom is -0.379 e. The molecule has 1 atom stereocenters. The fraction of sp³-hybridized carbons (Fsp3) is 0.391. The lowest BCUT2D eigenvalue weighted by Crippen LogP contribution is -2.35. The highest BCUT2D eigenvalue weighted by molar-refractivity contribution is 7.99. The van der Waals surface area contributed by atoms with Crippen LogP contribution in [0.25, 0.3) is 22.0 Å². The lowest BCUT2D eigenvalue weighted by molar-refractivity contribution is 0.107. The van der Waals surface area contributed by atoms with Crippen LogP contribution in [0.15, 0.2) is 27.9 Å². The standard InChI is InChI=1S/C23H21Cl2F2N3O2S/c1-32-12-10-30-20-14(22(28-23(30)31)29-5-3-2-4-6-29)8-16(25)19(21(20)33-11-12)13-7-15(24)18(27)9-17(13)26/h7-9,12H,2-6,10-11H2,1H3/t12-/m1/s1. The summed E-state index contributed by atoms with van der Waals surface area (Å²) in [6, 6.07) is 3.72. The van der Waals surface area contributed by atoms with Gasteiger partial charge in [0.15, 0.2) is 0 Å². The Bertz CT molecular complexity index is 1310. The summed E-state index contributed by atoms with van der Waals surface area (Å²) >= 11 is 14.2. The fourth-order valence-electron chi connectivity index (χ4n) is 4.56. The van der Waals surface area contributed by atoms with Gasteiger partial charge in [-0.25, -0.2) is 13.6 Å². The molecule has 3 heterocycles. The van der Waals surface area contributed by atoms with Gasteiger partial charge in [0.1, 0.15) is 17.5 Å². The zero-order chi connectivity index (χ0) is 23.3. The minimum atomic E-state index is -0.846. The van der Waals surface area contributed by atoms with E-state index in [1.807, 2.05) is 0 Å². The molecule has 10 heteroatoms. The number of aromatic nitrogens is 2. The summed E-state index contributed by atoms with van der Waals surface area (Å²) in [5, 5.41) is 0.815. The van der Waals surface area contributed by atoms with Gasteiger partial charge in [-0.3, -0.25) is 4.57 Å². The van der Waals surface area contributed by atoms with Gasteiger partial charge in [0.2, 0.25) is 0 Å². The normalized spacial score (nSPS) is 18.6. The zero-order valence-electron chi connectivity index (χ0n) is 17.8. The number of benzene rings is 2. The molecule has 5 rings (SSSR count). The molecule has 0 bridgehead atoms. The third-order valence-corrected chi connectivity index (χ3v) is 8.03. The van der Waals surface area contributed by atoms with E-state index in [9.17, 15) is 13.6 Å². The minimum absolute atomic E-state index is 0.0852. The molecule has 0 aliphatic carbocycles. The molecule has 2 aliphatic heterocycles. The number of hydrogen-bond acceptors (Lipinski definition) is 5. The van der Waals surface area contributed by atoms with E-state index in [-0.39, 0.29) is 27.4 Å². The number of piperidine rings is 1. The number of thioether (sulfide) groups is 1. The monoisotopic (exact) mass is 511 g/mol.